The fourth-order valence-corrected chi connectivity index (χ4v) is 3.20. The smallest absolute Gasteiger partial charge is 0.225 e. The molecule has 0 saturated carbocycles. The van der Waals surface area contributed by atoms with Crippen molar-refractivity contribution in [3.63, 3.8) is 0 Å². The van der Waals surface area contributed by atoms with E-state index < -0.39 is 0 Å². The van der Waals surface area contributed by atoms with Gasteiger partial charge >= 0.3 is 0 Å². The van der Waals surface area contributed by atoms with Crippen LogP contribution in [0.1, 0.15) is 13.8 Å². The third kappa shape index (κ3) is 2.66. The molecular weight excluding hydrogens is 240 g/mol. The highest BCUT2D eigenvalue weighted by Gasteiger charge is 2.39. The van der Waals surface area contributed by atoms with Crippen LogP contribution in [0.5, 0.6) is 5.75 Å². The Morgan fingerprint density at radius 2 is 1.68 bits per heavy atom. The molecule has 2 saturated heterocycles. The molecule has 2 aliphatic rings. The van der Waals surface area contributed by atoms with Gasteiger partial charge in [0.05, 0.1) is 18.5 Å². The second-order valence-corrected chi connectivity index (χ2v) is 6.03. The van der Waals surface area contributed by atoms with E-state index in [0.29, 0.717) is 0 Å². The van der Waals surface area contributed by atoms with E-state index in [4.69, 9.17) is 4.74 Å². The molecule has 0 N–H and O–H groups in total. The Labute approximate surface area is 114 Å². The number of likely N-dealkylation sites (tertiary alicyclic amines) is 1. The van der Waals surface area contributed by atoms with Gasteiger partial charge in [0.15, 0.2) is 5.75 Å². The highest BCUT2D eigenvalue weighted by Crippen LogP contribution is 2.31. The van der Waals surface area contributed by atoms with Crippen LogP contribution in [-0.2, 0) is 0 Å². The normalized spacial score (nSPS) is 27.1. The molecule has 2 aliphatic heterocycles. The number of rotatable bonds is 3. The Bertz CT molecular complexity index is 420. The molecule has 104 valence electrons. The van der Waals surface area contributed by atoms with Crippen molar-refractivity contribution in [1.29, 1.82) is 0 Å². The standard InChI is InChI=1S/C14H22N4O/c1-10(2)19-13-4-15-14(16-5-13)18-8-11-6-17(3)7-12(11)9-18/h4-5,10-12H,6-9H2,1-3H3/t11-,12+. The summed E-state index contributed by atoms with van der Waals surface area (Å²) in [5, 5.41) is 0. The van der Waals surface area contributed by atoms with Crippen molar-refractivity contribution in [1.82, 2.24) is 14.9 Å². The van der Waals surface area contributed by atoms with E-state index in [1.165, 1.54) is 13.1 Å². The van der Waals surface area contributed by atoms with Crippen LogP contribution < -0.4 is 9.64 Å². The third-order valence-electron chi connectivity index (χ3n) is 3.94. The lowest BCUT2D eigenvalue weighted by molar-refractivity contribution is 0.240. The Morgan fingerprint density at radius 3 is 2.21 bits per heavy atom. The molecule has 3 heterocycles. The van der Waals surface area contributed by atoms with Crippen LogP contribution in [0.25, 0.3) is 0 Å². The van der Waals surface area contributed by atoms with E-state index >= 15 is 0 Å². The molecule has 0 amide bonds. The molecule has 1 aromatic rings. The van der Waals surface area contributed by atoms with Crippen LogP contribution in [0.4, 0.5) is 5.95 Å². The molecule has 0 bridgehead atoms. The number of hydrogen-bond donors (Lipinski definition) is 0. The van der Waals surface area contributed by atoms with E-state index in [1.807, 2.05) is 13.8 Å². The van der Waals surface area contributed by atoms with Gasteiger partial charge in [-0.05, 0) is 32.7 Å². The van der Waals surface area contributed by atoms with Gasteiger partial charge in [0, 0.05) is 26.2 Å². The van der Waals surface area contributed by atoms with Crippen LogP contribution in [0.15, 0.2) is 12.4 Å². The Hall–Kier alpha value is -1.36. The Balaban J connectivity index is 1.64. The Morgan fingerprint density at radius 1 is 1.11 bits per heavy atom. The zero-order valence-corrected chi connectivity index (χ0v) is 11.9. The van der Waals surface area contributed by atoms with E-state index in [2.05, 4.69) is 26.8 Å². The van der Waals surface area contributed by atoms with Gasteiger partial charge in [-0.15, -0.1) is 0 Å². The van der Waals surface area contributed by atoms with Gasteiger partial charge in [-0.2, -0.15) is 0 Å². The molecule has 0 spiro atoms. The monoisotopic (exact) mass is 262 g/mol. The first kappa shape index (κ1) is 12.7. The van der Waals surface area contributed by atoms with Crippen LogP contribution in [0.3, 0.4) is 0 Å². The van der Waals surface area contributed by atoms with Crippen molar-refractivity contribution in [3.05, 3.63) is 12.4 Å². The second-order valence-electron chi connectivity index (χ2n) is 6.03. The summed E-state index contributed by atoms with van der Waals surface area (Å²) in [6, 6.07) is 0. The molecular formula is C14H22N4O. The van der Waals surface area contributed by atoms with Crippen molar-refractivity contribution >= 4 is 5.95 Å². The molecule has 3 rings (SSSR count). The van der Waals surface area contributed by atoms with Crippen LogP contribution >= 0.6 is 0 Å². The zero-order chi connectivity index (χ0) is 13.4. The minimum absolute atomic E-state index is 0.163. The lowest BCUT2D eigenvalue weighted by Crippen LogP contribution is -2.27. The molecule has 0 aromatic carbocycles. The molecule has 2 fully saturated rings. The summed E-state index contributed by atoms with van der Waals surface area (Å²) in [6.45, 7) is 8.59. The van der Waals surface area contributed by atoms with E-state index in [0.717, 1.165) is 36.6 Å². The molecule has 5 nitrogen and oxygen atoms in total. The first-order valence-electron chi connectivity index (χ1n) is 7.04. The maximum absolute atomic E-state index is 5.57. The fraction of sp³-hybridized carbons (Fsp3) is 0.714. The van der Waals surface area contributed by atoms with Crippen molar-refractivity contribution in [2.24, 2.45) is 11.8 Å². The fourth-order valence-electron chi connectivity index (χ4n) is 3.20. The van der Waals surface area contributed by atoms with E-state index in [-0.39, 0.29) is 6.10 Å². The van der Waals surface area contributed by atoms with Crippen molar-refractivity contribution in [2.75, 3.05) is 38.1 Å². The van der Waals surface area contributed by atoms with Gasteiger partial charge in [0.25, 0.3) is 0 Å². The second kappa shape index (κ2) is 4.96. The molecule has 1 aromatic heterocycles. The quantitative estimate of drug-likeness (QED) is 0.820. The first-order valence-corrected chi connectivity index (χ1v) is 7.04. The van der Waals surface area contributed by atoms with Gasteiger partial charge < -0.3 is 14.5 Å². The summed E-state index contributed by atoms with van der Waals surface area (Å²) >= 11 is 0. The Kier molecular flexibility index (Phi) is 3.31. The number of nitrogens with zero attached hydrogens (tertiary/aromatic N) is 4. The van der Waals surface area contributed by atoms with Crippen LogP contribution in [0, 0.1) is 11.8 Å². The predicted molar refractivity (Wildman–Crippen MR) is 74.5 cm³/mol. The lowest BCUT2D eigenvalue weighted by atomic mass is 10.0. The van der Waals surface area contributed by atoms with Crippen molar-refractivity contribution < 1.29 is 4.74 Å². The summed E-state index contributed by atoms with van der Waals surface area (Å²) in [7, 11) is 2.21. The predicted octanol–water partition coefficient (Wildman–Crippen LogP) is 1.26. The average Bonchev–Trinajstić information content (AvgIpc) is 2.86. The van der Waals surface area contributed by atoms with Crippen molar-refractivity contribution in [3.8, 4) is 5.75 Å². The van der Waals surface area contributed by atoms with Gasteiger partial charge in [-0.1, -0.05) is 0 Å². The molecule has 0 radical (unpaired) electrons. The minimum atomic E-state index is 0.163. The summed E-state index contributed by atoms with van der Waals surface area (Å²) in [5.41, 5.74) is 0. The van der Waals surface area contributed by atoms with Gasteiger partial charge in [-0.3, -0.25) is 0 Å². The van der Waals surface area contributed by atoms with Gasteiger partial charge in [-0.25, -0.2) is 9.97 Å². The zero-order valence-electron chi connectivity index (χ0n) is 11.9. The molecule has 0 aliphatic carbocycles. The van der Waals surface area contributed by atoms with E-state index in [9.17, 15) is 0 Å². The number of aromatic nitrogens is 2. The summed E-state index contributed by atoms with van der Waals surface area (Å²) < 4.78 is 5.57. The number of fused-ring (bicyclic) bond motifs is 1. The molecule has 2 atom stereocenters. The highest BCUT2D eigenvalue weighted by atomic mass is 16.5. The van der Waals surface area contributed by atoms with Crippen LogP contribution in [0.2, 0.25) is 0 Å². The highest BCUT2D eigenvalue weighted by molar-refractivity contribution is 5.34. The maximum atomic E-state index is 5.57. The number of hydrogen-bond acceptors (Lipinski definition) is 5. The summed E-state index contributed by atoms with van der Waals surface area (Å²) in [5.74, 6) is 3.14. The number of ether oxygens (including phenoxy) is 1. The molecule has 0 unspecified atom stereocenters. The van der Waals surface area contributed by atoms with Crippen LogP contribution in [-0.4, -0.2) is 54.2 Å². The lowest BCUT2D eigenvalue weighted by Gasteiger charge is -2.19. The summed E-state index contributed by atoms with van der Waals surface area (Å²) in [6.07, 6.45) is 3.72. The minimum Gasteiger partial charge on any atom is -0.488 e. The van der Waals surface area contributed by atoms with Crippen molar-refractivity contribution in [2.45, 2.75) is 20.0 Å². The summed E-state index contributed by atoms with van der Waals surface area (Å²) in [4.78, 5) is 13.6. The maximum Gasteiger partial charge on any atom is 0.225 e. The first-order chi connectivity index (χ1) is 9.11. The molecule has 19 heavy (non-hydrogen) atoms. The third-order valence-corrected chi connectivity index (χ3v) is 3.94. The molecule has 5 heteroatoms. The number of anilines is 1. The SMILES string of the molecule is CC(C)Oc1cnc(N2C[C@H]3CN(C)C[C@H]3C2)nc1. The topological polar surface area (TPSA) is 41.5 Å². The largest absolute Gasteiger partial charge is 0.488 e. The van der Waals surface area contributed by atoms with E-state index in [1.54, 1.807) is 12.4 Å². The van der Waals surface area contributed by atoms with Gasteiger partial charge in [0.1, 0.15) is 0 Å². The average molecular weight is 262 g/mol. The van der Waals surface area contributed by atoms with Gasteiger partial charge in [0.2, 0.25) is 5.95 Å².